The molecule has 0 N–H and O–H groups in total. The molecule has 0 spiro atoms. The zero-order chi connectivity index (χ0) is 16.4. The summed E-state index contributed by atoms with van der Waals surface area (Å²) in [5.74, 6) is -0.377. The van der Waals surface area contributed by atoms with Gasteiger partial charge in [-0.2, -0.15) is 11.3 Å². The van der Waals surface area contributed by atoms with Crippen LogP contribution in [0.1, 0.15) is 25.3 Å². The van der Waals surface area contributed by atoms with Crippen molar-refractivity contribution in [1.29, 1.82) is 0 Å². The number of nitrogens with zero attached hydrogens (tertiary/aromatic N) is 2. The zero-order valence-corrected chi connectivity index (χ0v) is 14.1. The molecule has 2 aromatic rings. The molecular formula is C18H18N2O2S. The molecule has 0 aromatic carbocycles. The first-order valence-electron chi connectivity index (χ1n) is 7.33. The van der Waals surface area contributed by atoms with E-state index in [2.05, 4.69) is 22.5 Å². The predicted octanol–water partition coefficient (Wildman–Crippen LogP) is 4.10. The van der Waals surface area contributed by atoms with Crippen molar-refractivity contribution in [2.75, 3.05) is 12.0 Å². The van der Waals surface area contributed by atoms with E-state index in [0.717, 1.165) is 22.6 Å². The molecule has 0 amide bonds. The lowest BCUT2D eigenvalue weighted by Gasteiger charge is -2.34. The normalized spacial score (nSPS) is 18.0. The van der Waals surface area contributed by atoms with Gasteiger partial charge in [-0.25, -0.2) is 4.79 Å². The summed E-state index contributed by atoms with van der Waals surface area (Å²) in [5, 5.41) is 4.10. The Bertz CT molecular complexity index is 764. The molecule has 0 aliphatic carbocycles. The van der Waals surface area contributed by atoms with Gasteiger partial charge in [0.2, 0.25) is 0 Å². The van der Waals surface area contributed by atoms with Crippen LogP contribution in [0.15, 0.2) is 64.4 Å². The van der Waals surface area contributed by atoms with Crippen molar-refractivity contribution in [2.45, 2.75) is 19.8 Å². The standard InChI is InChI=1S/C18H18N2O2S/c1-12-9-16(14-6-8-23-11-14)17(18(21)22-3)13(2)20(12)15-5-4-7-19-10-15/h4-11,16H,1-3H3. The van der Waals surface area contributed by atoms with Gasteiger partial charge in [0.05, 0.1) is 24.6 Å². The summed E-state index contributed by atoms with van der Waals surface area (Å²) in [6, 6.07) is 5.92. The summed E-state index contributed by atoms with van der Waals surface area (Å²) >= 11 is 1.63. The lowest BCUT2D eigenvalue weighted by Crippen LogP contribution is -2.29. The zero-order valence-electron chi connectivity index (χ0n) is 13.3. The van der Waals surface area contributed by atoms with Crippen molar-refractivity contribution in [2.24, 2.45) is 0 Å². The SMILES string of the molecule is COC(=O)C1=C(C)N(c2cccnc2)C(C)=CC1c1ccsc1. The largest absolute Gasteiger partial charge is 0.466 e. The molecule has 1 unspecified atom stereocenters. The van der Waals surface area contributed by atoms with Crippen molar-refractivity contribution in [3.8, 4) is 0 Å². The summed E-state index contributed by atoms with van der Waals surface area (Å²) in [6.45, 7) is 4.00. The maximum Gasteiger partial charge on any atom is 0.336 e. The highest BCUT2D eigenvalue weighted by Gasteiger charge is 2.32. The van der Waals surface area contributed by atoms with Crippen LogP contribution in [0.4, 0.5) is 5.69 Å². The van der Waals surface area contributed by atoms with Crippen LogP contribution in [-0.2, 0) is 9.53 Å². The molecular weight excluding hydrogens is 308 g/mol. The van der Waals surface area contributed by atoms with Crippen LogP contribution in [0, 0.1) is 0 Å². The number of rotatable bonds is 3. The van der Waals surface area contributed by atoms with Gasteiger partial charge in [0.25, 0.3) is 0 Å². The molecule has 1 atom stereocenters. The average molecular weight is 326 g/mol. The number of aromatic nitrogens is 1. The number of thiophene rings is 1. The highest BCUT2D eigenvalue weighted by Crippen LogP contribution is 2.39. The van der Waals surface area contributed by atoms with Crippen LogP contribution in [0.2, 0.25) is 0 Å². The lowest BCUT2D eigenvalue weighted by molar-refractivity contribution is -0.136. The predicted molar refractivity (Wildman–Crippen MR) is 92.2 cm³/mol. The summed E-state index contributed by atoms with van der Waals surface area (Å²) in [6.07, 6.45) is 5.63. The molecule has 0 saturated carbocycles. The van der Waals surface area contributed by atoms with Gasteiger partial charge in [-0.15, -0.1) is 0 Å². The van der Waals surface area contributed by atoms with Gasteiger partial charge >= 0.3 is 5.97 Å². The van der Waals surface area contributed by atoms with Crippen molar-refractivity contribution in [1.82, 2.24) is 4.98 Å². The van der Waals surface area contributed by atoms with E-state index >= 15 is 0 Å². The molecule has 23 heavy (non-hydrogen) atoms. The molecule has 4 nitrogen and oxygen atoms in total. The summed E-state index contributed by atoms with van der Waals surface area (Å²) in [5.41, 5.74) is 4.66. The van der Waals surface area contributed by atoms with E-state index in [0.29, 0.717) is 5.57 Å². The topological polar surface area (TPSA) is 42.4 Å². The van der Waals surface area contributed by atoms with E-state index in [9.17, 15) is 4.79 Å². The molecule has 0 bridgehead atoms. The second-order valence-electron chi connectivity index (χ2n) is 5.38. The van der Waals surface area contributed by atoms with Crippen molar-refractivity contribution >= 4 is 23.0 Å². The number of anilines is 1. The average Bonchev–Trinajstić information content (AvgIpc) is 3.09. The third kappa shape index (κ3) is 2.80. The number of carbonyl (C=O) groups excluding carboxylic acids is 1. The smallest absolute Gasteiger partial charge is 0.336 e. The number of methoxy groups -OCH3 is 1. The van der Waals surface area contributed by atoms with Crippen molar-refractivity contribution in [3.05, 3.63) is 70.0 Å². The Labute approximate surface area is 139 Å². The van der Waals surface area contributed by atoms with Gasteiger partial charge in [-0.3, -0.25) is 4.98 Å². The van der Waals surface area contributed by atoms with Gasteiger partial charge in [0.1, 0.15) is 0 Å². The van der Waals surface area contributed by atoms with Crippen molar-refractivity contribution in [3.63, 3.8) is 0 Å². The number of hydrogen-bond acceptors (Lipinski definition) is 5. The maximum atomic E-state index is 12.4. The van der Waals surface area contributed by atoms with Gasteiger partial charge < -0.3 is 9.64 Å². The van der Waals surface area contributed by atoms with E-state index in [1.54, 1.807) is 23.7 Å². The number of carbonyl (C=O) groups is 1. The van der Waals surface area contributed by atoms with E-state index in [1.807, 2.05) is 36.3 Å². The van der Waals surface area contributed by atoms with Crippen LogP contribution in [-0.4, -0.2) is 18.1 Å². The molecule has 118 valence electrons. The maximum absolute atomic E-state index is 12.4. The van der Waals surface area contributed by atoms with Gasteiger partial charge in [-0.1, -0.05) is 6.08 Å². The number of hydrogen-bond donors (Lipinski definition) is 0. The molecule has 0 saturated heterocycles. The second-order valence-corrected chi connectivity index (χ2v) is 6.16. The first kappa shape index (κ1) is 15.5. The van der Waals surface area contributed by atoms with E-state index < -0.39 is 0 Å². The summed E-state index contributed by atoms with van der Waals surface area (Å²) in [7, 11) is 1.42. The summed E-state index contributed by atoms with van der Waals surface area (Å²) < 4.78 is 5.04. The van der Waals surface area contributed by atoms with Crippen LogP contribution in [0.5, 0.6) is 0 Å². The Morgan fingerprint density at radius 3 is 2.78 bits per heavy atom. The lowest BCUT2D eigenvalue weighted by atomic mass is 9.87. The first-order chi connectivity index (χ1) is 11.1. The molecule has 0 radical (unpaired) electrons. The van der Waals surface area contributed by atoms with Crippen LogP contribution in [0.3, 0.4) is 0 Å². The Hall–Kier alpha value is -2.40. The van der Waals surface area contributed by atoms with E-state index in [1.165, 1.54) is 7.11 Å². The monoisotopic (exact) mass is 326 g/mol. The van der Waals surface area contributed by atoms with Crippen LogP contribution < -0.4 is 4.90 Å². The molecule has 0 fully saturated rings. The minimum atomic E-state index is -0.295. The second kappa shape index (κ2) is 6.38. The highest BCUT2D eigenvalue weighted by molar-refractivity contribution is 7.08. The van der Waals surface area contributed by atoms with Gasteiger partial charge in [0, 0.05) is 23.5 Å². The minimum absolute atomic E-state index is 0.0818. The van der Waals surface area contributed by atoms with Crippen LogP contribution in [0.25, 0.3) is 0 Å². The Morgan fingerprint density at radius 1 is 1.35 bits per heavy atom. The molecule has 3 heterocycles. The fraction of sp³-hybridized carbons (Fsp3) is 0.222. The minimum Gasteiger partial charge on any atom is -0.466 e. The highest BCUT2D eigenvalue weighted by atomic mass is 32.1. The third-order valence-electron chi connectivity index (χ3n) is 4.01. The fourth-order valence-corrected chi connectivity index (χ4v) is 3.69. The molecule has 3 rings (SSSR count). The van der Waals surface area contributed by atoms with E-state index in [4.69, 9.17) is 4.74 Å². The number of esters is 1. The number of allylic oxidation sites excluding steroid dienone is 3. The Morgan fingerprint density at radius 2 is 2.17 bits per heavy atom. The fourth-order valence-electron chi connectivity index (χ4n) is 2.99. The van der Waals surface area contributed by atoms with Gasteiger partial charge in [-0.05, 0) is 48.4 Å². The van der Waals surface area contributed by atoms with Crippen molar-refractivity contribution < 1.29 is 9.53 Å². The van der Waals surface area contributed by atoms with E-state index in [-0.39, 0.29) is 11.9 Å². The first-order valence-corrected chi connectivity index (χ1v) is 8.27. The summed E-state index contributed by atoms with van der Waals surface area (Å²) in [4.78, 5) is 18.6. The molecule has 5 heteroatoms. The number of ether oxygens (including phenoxy) is 1. The molecule has 2 aromatic heterocycles. The quantitative estimate of drug-likeness (QED) is 0.797. The molecule has 1 aliphatic heterocycles. The number of pyridine rings is 1. The van der Waals surface area contributed by atoms with Gasteiger partial charge in [0.15, 0.2) is 0 Å². The third-order valence-corrected chi connectivity index (χ3v) is 4.71. The van der Waals surface area contributed by atoms with Crippen LogP contribution >= 0.6 is 11.3 Å². The Balaban J connectivity index is 2.14. The Kier molecular flexibility index (Phi) is 4.30. The molecule has 1 aliphatic rings.